The Morgan fingerprint density at radius 2 is 2.04 bits per heavy atom. The quantitative estimate of drug-likeness (QED) is 0.764. The van der Waals surface area contributed by atoms with Gasteiger partial charge in [0.05, 0.1) is 22.9 Å². The van der Waals surface area contributed by atoms with Crippen molar-refractivity contribution < 1.29 is 4.39 Å². The van der Waals surface area contributed by atoms with Crippen LogP contribution in [0.4, 0.5) is 10.1 Å². The second kappa shape index (κ2) is 8.39. The summed E-state index contributed by atoms with van der Waals surface area (Å²) in [7, 11) is 0. The minimum absolute atomic E-state index is 0.144. The summed E-state index contributed by atoms with van der Waals surface area (Å²) < 4.78 is 13.3. The highest BCUT2D eigenvalue weighted by Gasteiger charge is 2.19. The maximum absolute atomic E-state index is 13.3. The van der Waals surface area contributed by atoms with Crippen molar-refractivity contribution in [3.8, 4) is 0 Å². The summed E-state index contributed by atoms with van der Waals surface area (Å²) in [4.78, 5) is 9.35. The molecule has 7 heteroatoms. The van der Waals surface area contributed by atoms with Gasteiger partial charge in [-0.3, -0.25) is 4.98 Å². The SMILES string of the molecule is C=C1NC(CCc2ccc(F)c(Cl)c2)=Nc2c1ccnc2CNN1CCCC1. The molecule has 28 heavy (non-hydrogen) atoms. The number of rotatable bonds is 6. The van der Waals surface area contributed by atoms with Crippen molar-refractivity contribution in [2.24, 2.45) is 4.99 Å². The Balaban J connectivity index is 1.50. The van der Waals surface area contributed by atoms with E-state index < -0.39 is 5.82 Å². The molecule has 4 rings (SSSR count). The maximum atomic E-state index is 13.3. The largest absolute Gasteiger partial charge is 0.344 e. The van der Waals surface area contributed by atoms with E-state index in [1.165, 1.54) is 18.9 Å². The smallest absolute Gasteiger partial charge is 0.141 e. The van der Waals surface area contributed by atoms with Crippen LogP contribution >= 0.6 is 11.6 Å². The van der Waals surface area contributed by atoms with Crippen LogP contribution in [0.3, 0.4) is 0 Å². The van der Waals surface area contributed by atoms with Crippen LogP contribution in [0, 0.1) is 5.82 Å². The van der Waals surface area contributed by atoms with Crippen molar-refractivity contribution in [1.29, 1.82) is 0 Å². The maximum Gasteiger partial charge on any atom is 0.141 e. The number of aromatic nitrogens is 1. The lowest BCUT2D eigenvalue weighted by Crippen LogP contribution is -2.35. The Kier molecular flexibility index (Phi) is 5.71. The zero-order valence-corrected chi connectivity index (χ0v) is 16.4. The fraction of sp³-hybridized carbons (Fsp3) is 0.333. The number of benzene rings is 1. The minimum atomic E-state index is -0.401. The summed E-state index contributed by atoms with van der Waals surface area (Å²) in [6.07, 6.45) is 5.63. The number of hydrogen-bond acceptors (Lipinski definition) is 5. The van der Waals surface area contributed by atoms with E-state index in [4.69, 9.17) is 16.6 Å². The third-order valence-electron chi connectivity index (χ3n) is 5.08. The van der Waals surface area contributed by atoms with Gasteiger partial charge in [0.25, 0.3) is 0 Å². The van der Waals surface area contributed by atoms with E-state index in [0.29, 0.717) is 19.4 Å². The van der Waals surface area contributed by atoms with E-state index in [0.717, 1.165) is 47.1 Å². The lowest BCUT2D eigenvalue weighted by Gasteiger charge is -2.23. The molecule has 0 bridgehead atoms. The zero-order valence-electron chi connectivity index (χ0n) is 15.6. The van der Waals surface area contributed by atoms with Crippen molar-refractivity contribution >= 4 is 28.8 Å². The fourth-order valence-electron chi connectivity index (χ4n) is 3.54. The molecule has 2 aromatic rings. The second-order valence-electron chi connectivity index (χ2n) is 7.09. The van der Waals surface area contributed by atoms with Gasteiger partial charge in [-0.25, -0.2) is 19.8 Å². The molecule has 0 aliphatic carbocycles. The molecule has 0 spiro atoms. The number of aliphatic imine (C=N–C) groups is 1. The first-order chi connectivity index (χ1) is 13.6. The summed E-state index contributed by atoms with van der Waals surface area (Å²) in [6, 6.07) is 6.74. The van der Waals surface area contributed by atoms with Crippen LogP contribution in [-0.2, 0) is 13.0 Å². The van der Waals surface area contributed by atoms with Crippen molar-refractivity contribution in [3.63, 3.8) is 0 Å². The van der Waals surface area contributed by atoms with Crippen LogP contribution in [0.25, 0.3) is 5.70 Å². The van der Waals surface area contributed by atoms with Gasteiger partial charge in [0.1, 0.15) is 11.7 Å². The van der Waals surface area contributed by atoms with Crippen LogP contribution in [-0.4, -0.2) is 28.9 Å². The van der Waals surface area contributed by atoms with Crippen LogP contribution in [0.1, 0.15) is 36.1 Å². The minimum Gasteiger partial charge on any atom is -0.344 e. The molecule has 1 aromatic carbocycles. The van der Waals surface area contributed by atoms with E-state index >= 15 is 0 Å². The first-order valence-electron chi connectivity index (χ1n) is 9.54. The van der Waals surface area contributed by atoms with Gasteiger partial charge in [0.15, 0.2) is 0 Å². The lowest BCUT2D eigenvalue weighted by molar-refractivity contribution is 0.230. The van der Waals surface area contributed by atoms with E-state index in [9.17, 15) is 4.39 Å². The van der Waals surface area contributed by atoms with Crippen molar-refractivity contribution in [1.82, 2.24) is 20.7 Å². The molecule has 0 amide bonds. The first-order valence-corrected chi connectivity index (χ1v) is 9.92. The van der Waals surface area contributed by atoms with Crippen LogP contribution in [0.2, 0.25) is 5.02 Å². The summed E-state index contributed by atoms with van der Waals surface area (Å²) in [5.74, 6) is 0.426. The Morgan fingerprint density at radius 1 is 1.21 bits per heavy atom. The molecule has 0 atom stereocenters. The summed E-state index contributed by atoms with van der Waals surface area (Å²) in [6.45, 7) is 6.92. The van der Waals surface area contributed by atoms with Gasteiger partial charge in [-0.1, -0.05) is 24.2 Å². The van der Waals surface area contributed by atoms with Crippen LogP contribution in [0.15, 0.2) is 42.0 Å². The molecule has 1 aromatic heterocycles. The summed E-state index contributed by atoms with van der Waals surface area (Å²) >= 11 is 5.88. The number of hydrazine groups is 1. The molecule has 1 fully saturated rings. The highest BCUT2D eigenvalue weighted by molar-refractivity contribution is 6.30. The number of aryl methyl sites for hydroxylation is 1. The van der Waals surface area contributed by atoms with Gasteiger partial charge in [-0.2, -0.15) is 0 Å². The standard InChI is InChI=1S/C21H23ClFN5/c1-14-16-8-9-24-19(13-25-28-10-2-3-11-28)21(16)27-20(26-14)7-5-15-4-6-18(23)17(22)12-15/h4,6,8-9,12,25H,1-3,5,7,10-11,13H2,(H,26,27). The molecular weight excluding hydrogens is 377 g/mol. The monoisotopic (exact) mass is 399 g/mol. The number of fused-ring (bicyclic) bond motifs is 1. The number of nitrogens with zero attached hydrogens (tertiary/aromatic N) is 3. The molecule has 0 saturated carbocycles. The Hall–Kier alpha value is -2.28. The molecule has 0 radical (unpaired) electrons. The Bertz CT molecular complexity index is 921. The van der Waals surface area contributed by atoms with Gasteiger partial charge < -0.3 is 5.32 Å². The highest BCUT2D eigenvalue weighted by Crippen LogP contribution is 2.31. The van der Waals surface area contributed by atoms with Gasteiger partial charge in [0.2, 0.25) is 0 Å². The molecule has 3 heterocycles. The average Bonchev–Trinajstić information content (AvgIpc) is 3.21. The van der Waals surface area contributed by atoms with Gasteiger partial charge >= 0.3 is 0 Å². The number of halogens is 2. The molecule has 146 valence electrons. The van der Waals surface area contributed by atoms with Crippen LogP contribution in [0.5, 0.6) is 0 Å². The van der Waals surface area contributed by atoms with E-state index in [2.05, 4.69) is 27.3 Å². The fourth-order valence-corrected chi connectivity index (χ4v) is 3.74. The first kappa shape index (κ1) is 19.1. The van der Waals surface area contributed by atoms with Gasteiger partial charge in [-0.05, 0) is 43.0 Å². The van der Waals surface area contributed by atoms with Crippen molar-refractivity contribution in [2.45, 2.75) is 32.2 Å². The average molecular weight is 400 g/mol. The van der Waals surface area contributed by atoms with Crippen LogP contribution < -0.4 is 10.7 Å². The molecular formula is C21H23ClFN5. The van der Waals surface area contributed by atoms with E-state index in [-0.39, 0.29) is 5.02 Å². The van der Waals surface area contributed by atoms with Gasteiger partial charge in [0, 0.05) is 37.0 Å². The normalized spacial score (nSPS) is 16.6. The van der Waals surface area contributed by atoms with Crippen molar-refractivity contribution in [3.05, 3.63) is 64.7 Å². The Morgan fingerprint density at radius 3 is 2.82 bits per heavy atom. The molecule has 1 saturated heterocycles. The number of pyridine rings is 1. The summed E-state index contributed by atoms with van der Waals surface area (Å²) in [5, 5.41) is 5.66. The third kappa shape index (κ3) is 4.24. The molecule has 2 N–H and O–H groups in total. The summed E-state index contributed by atoms with van der Waals surface area (Å²) in [5.41, 5.74) is 7.99. The van der Waals surface area contributed by atoms with Crippen molar-refractivity contribution in [2.75, 3.05) is 13.1 Å². The zero-order chi connectivity index (χ0) is 19.5. The third-order valence-corrected chi connectivity index (χ3v) is 5.37. The topological polar surface area (TPSA) is 52.6 Å². The highest BCUT2D eigenvalue weighted by atomic mass is 35.5. The molecule has 5 nitrogen and oxygen atoms in total. The van der Waals surface area contributed by atoms with Gasteiger partial charge in [-0.15, -0.1) is 0 Å². The number of hydrogen-bond donors (Lipinski definition) is 2. The van der Waals surface area contributed by atoms with E-state index in [1.807, 2.05) is 6.07 Å². The predicted octanol–water partition coefficient (Wildman–Crippen LogP) is 4.21. The predicted molar refractivity (Wildman–Crippen MR) is 111 cm³/mol. The number of amidine groups is 1. The number of nitrogens with one attached hydrogen (secondary N) is 2. The molecule has 0 unspecified atom stereocenters. The van der Waals surface area contributed by atoms with E-state index in [1.54, 1.807) is 18.3 Å². The lowest BCUT2D eigenvalue weighted by atomic mass is 10.1. The molecule has 2 aliphatic heterocycles. The second-order valence-corrected chi connectivity index (χ2v) is 7.50. The Labute approximate surface area is 169 Å². The molecule has 2 aliphatic rings.